The summed E-state index contributed by atoms with van der Waals surface area (Å²) in [6, 6.07) is 0. The number of carbonyl (C=O) groups excluding carboxylic acids is 1. The summed E-state index contributed by atoms with van der Waals surface area (Å²) in [5, 5.41) is 17.9. The van der Waals surface area contributed by atoms with Gasteiger partial charge in [0.2, 0.25) is 0 Å². The van der Waals surface area contributed by atoms with Crippen molar-refractivity contribution < 1.29 is 19.4 Å². The van der Waals surface area contributed by atoms with E-state index in [1.165, 1.54) is 0 Å². The van der Waals surface area contributed by atoms with Gasteiger partial charge in [0.15, 0.2) is 5.82 Å². The second-order valence-corrected chi connectivity index (χ2v) is 5.57. The average Bonchev–Trinajstić information content (AvgIpc) is 2.97. The molecule has 1 aromatic heterocycles. The van der Waals surface area contributed by atoms with Crippen molar-refractivity contribution in [3.63, 3.8) is 0 Å². The average molecular weight is 267 g/mol. The van der Waals surface area contributed by atoms with E-state index in [2.05, 4.69) is 15.5 Å². The molecule has 1 aliphatic carbocycles. The Hall–Kier alpha value is -2.05. The molecule has 1 amide bonds. The lowest BCUT2D eigenvalue weighted by Gasteiger charge is -2.19. The quantitative estimate of drug-likeness (QED) is 0.779. The SMILES string of the molecule is CC(C)(C)OC(=O)Nc1n[nH]c(C(=O)O)c1C1CC1. The van der Waals surface area contributed by atoms with Gasteiger partial charge in [-0.2, -0.15) is 5.10 Å². The number of anilines is 1. The maximum atomic E-state index is 11.7. The largest absolute Gasteiger partial charge is 0.477 e. The Balaban J connectivity index is 2.17. The topological polar surface area (TPSA) is 104 Å². The van der Waals surface area contributed by atoms with Crippen LogP contribution in [0.15, 0.2) is 0 Å². The lowest BCUT2D eigenvalue weighted by molar-refractivity contribution is 0.0632. The van der Waals surface area contributed by atoms with Gasteiger partial charge >= 0.3 is 12.1 Å². The summed E-state index contributed by atoms with van der Waals surface area (Å²) >= 11 is 0. The molecule has 0 aromatic carbocycles. The molecule has 2 rings (SSSR count). The maximum Gasteiger partial charge on any atom is 0.413 e. The minimum atomic E-state index is -1.08. The molecule has 1 aromatic rings. The Morgan fingerprint density at radius 1 is 1.42 bits per heavy atom. The first kappa shape index (κ1) is 13.4. The lowest BCUT2D eigenvalue weighted by atomic mass is 10.1. The minimum Gasteiger partial charge on any atom is -0.477 e. The fraction of sp³-hybridized carbons (Fsp3) is 0.583. The molecule has 19 heavy (non-hydrogen) atoms. The standard InChI is InChI=1S/C12H17N3O4/c1-12(2,3)19-11(18)13-9-7(6-4-5-6)8(10(16)17)14-15-9/h6H,4-5H2,1-3H3,(H,16,17)(H2,13,14,15,18). The third-order valence-corrected chi connectivity index (χ3v) is 2.62. The first-order valence-corrected chi connectivity index (χ1v) is 6.09. The monoisotopic (exact) mass is 267 g/mol. The molecular weight excluding hydrogens is 250 g/mol. The first-order valence-electron chi connectivity index (χ1n) is 6.09. The predicted molar refractivity (Wildman–Crippen MR) is 67.4 cm³/mol. The van der Waals surface area contributed by atoms with Crippen LogP contribution in [0.5, 0.6) is 0 Å². The summed E-state index contributed by atoms with van der Waals surface area (Å²) in [6.07, 6.45) is 1.17. The number of ether oxygens (including phenoxy) is 1. The van der Waals surface area contributed by atoms with Gasteiger partial charge < -0.3 is 9.84 Å². The van der Waals surface area contributed by atoms with Crippen molar-refractivity contribution in [2.24, 2.45) is 0 Å². The molecule has 0 atom stereocenters. The van der Waals surface area contributed by atoms with Crippen LogP contribution in [-0.2, 0) is 4.74 Å². The van der Waals surface area contributed by atoms with Crippen molar-refractivity contribution in [3.05, 3.63) is 11.3 Å². The van der Waals surface area contributed by atoms with Gasteiger partial charge in [-0.15, -0.1) is 0 Å². The summed E-state index contributed by atoms with van der Waals surface area (Å²) in [5.74, 6) is -0.685. The number of carboxylic acids is 1. The highest BCUT2D eigenvalue weighted by molar-refractivity contribution is 5.92. The zero-order chi connectivity index (χ0) is 14.2. The van der Waals surface area contributed by atoms with E-state index in [0.29, 0.717) is 5.56 Å². The van der Waals surface area contributed by atoms with Crippen molar-refractivity contribution in [2.45, 2.75) is 45.1 Å². The van der Waals surface area contributed by atoms with E-state index < -0.39 is 17.7 Å². The number of amides is 1. The molecule has 0 radical (unpaired) electrons. The molecule has 1 fully saturated rings. The van der Waals surface area contributed by atoms with Crippen LogP contribution in [-0.4, -0.2) is 33.0 Å². The highest BCUT2D eigenvalue weighted by Gasteiger charge is 2.34. The third kappa shape index (κ3) is 3.24. The molecule has 1 heterocycles. The van der Waals surface area contributed by atoms with Crippen LogP contribution in [0.2, 0.25) is 0 Å². The smallest absolute Gasteiger partial charge is 0.413 e. The van der Waals surface area contributed by atoms with E-state index in [0.717, 1.165) is 12.8 Å². The molecule has 0 unspecified atom stereocenters. The number of carbonyl (C=O) groups is 2. The van der Waals surface area contributed by atoms with E-state index in [1.807, 2.05) is 0 Å². The number of aromatic carboxylic acids is 1. The first-order chi connectivity index (χ1) is 8.78. The fourth-order valence-corrected chi connectivity index (χ4v) is 1.78. The van der Waals surface area contributed by atoms with Gasteiger partial charge in [-0.1, -0.05) is 0 Å². The second-order valence-electron chi connectivity index (χ2n) is 5.57. The Morgan fingerprint density at radius 2 is 2.05 bits per heavy atom. The highest BCUT2D eigenvalue weighted by atomic mass is 16.6. The van der Waals surface area contributed by atoms with Crippen molar-refractivity contribution in [1.82, 2.24) is 10.2 Å². The fourth-order valence-electron chi connectivity index (χ4n) is 1.78. The molecule has 7 heteroatoms. The maximum absolute atomic E-state index is 11.7. The van der Waals surface area contributed by atoms with Crippen LogP contribution in [0.1, 0.15) is 55.6 Å². The van der Waals surface area contributed by atoms with Crippen LogP contribution in [0, 0.1) is 0 Å². The Kier molecular flexibility index (Phi) is 3.21. The van der Waals surface area contributed by atoms with E-state index in [-0.39, 0.29) is 17.4 Å². The Bertz CT molecular complexity index is 512. The third-order valence-electron chi connectivity index (χ3n) is 2.62. The number of aromatic amines is 1. The van der Waals surface area contributed by atoms with E-state index in [9.17, 15) is 9.59 Å². The van der Waals surface area contributed by atoms with E-state index in [1.54, 1.807) is 20.8 Å². The molecule has 0 bridgehead atoms. The van der Waals surface area contributed by atoms with Crippen molar-refractivity contribution >= 4 is 17.9 Å². The molecule has 0 saturated heterocycles. The van der Waals surface area contributed by atoms with Gasteiger partial charge in [-0.25, -0.2) is 9.59 Å². The van der Waals surface area contributed by atoms with Gasteiger partial charge in [0.25, 0.3) is 0 Å². The molecule has 1 saturated carbocycles. The summed E-state index contributed by atoms with van der Waals surface area (Å²) in [5.41, 5.74) is -0.0256. The zero-order valence-electron chi connectivity index (χ0n) is 11.1. The second kappa shape index (κ2) is 4.56. The molecule has 3 N–H and O–H groups in total. The lowest BCUT2D eigenvalue weighted by Crippen LogP contribution is -2.27. The summed E-state index contributed by atoms with van der Waals surface area (Å²) < 4.78 is 5.12. The van der Waals surface area contributed by atoms with Crippen LogP contribution < -0.4 is 5.32 Å². The van der Waals surface area contributed by atoms with Gasteiger partial charge in [-0.3, -0.25) is 10.4 Å². The minimum absolute atomic E-state index is 0.0357. The van der Waals surface area contributed by atoms with Gasteiger partial charge in [-0.05, 0) is 39.5 Å². The molecule has 7 nitrogen and oxygen atoms in total. The highest BCUT2D eigenvalue weighted by Crippen LogP contribution is 2.44. The number of hydrogen-bond acceptors (Lipinski definition) is 4. The number of H-pyrrole nitrogens is 1. The summed E-state index contributed by atoms with van der Waals surface area (Å²) in [4.78, 5) is 22.7. The zero-order valence-corrected chi connectivity index (χ0v) is 11.1. The molecule has 0 aliphatic heterocycles. The van der Waals surface area contributed by atoms with Crippen molar-refractivity contribution in [2.75, 3.05) is 5.32 Å². The van der Waals surface area contributed by atoms with Crippen LogP contribution in [0.4, 0.5) is 10.6 Å². The predicted octanol–water partition coefficient (Wildman–Crippen LogP) is 2.33. The molecule has 104 valence electrons. The normalized spacial score (nSPS) is 15.1. The van der Waals surface area contributed by atoms with Crippen LogP contribution >= 0.6 is 0 Å². The molecule has 1 aliphatic rings. The van der Waals surface area contributed by atoms with Crippen LogP contribution in [0.25, 0.3) is 0 Å². The van der Waals surface area contributed by atoms with Gasteiger partial charge in [0, 0.05) is 5.56 Å². The van der Waals surface area contributed by atoms with Crippen LogP contribution in [0.3, 0.4) is 0 Å². The van der Waals surface area contributed by atoms with Crippen molar-refractivity contribution in [3.8, 4) is 0 Å². The number of hydrogen-bond donors (Lipinski definition) is 3. The Labute approximate surface area is 110 Å². The number of aromatic nitrogens is 2. The number of nitrogens with one attached hydrogen (secondary N) is 2. The summed E-state index contributed by atoms with van der Waals surface area (Å²) in [7, 11) is 0. The van der Waals surface area contributed by atoms with E-state index in [4.69, 9.17) is 9.84 Å². The molecular formula is C12H17N3O4. The number of nitrogens with zero attached hydrogens (tertiary/aromatic N) is 1. The van der Waals surface area contributed by atoms with Gasteiger partial charge in [0.05, 0.1) is 0 Å². The van der Waals surface area contributed by atoms with E-state index >= 15 is 0 Å². The van der Waals surface area contributed by atoms with Gasteiger partial charge in [0.1, 0.15) is 11.3 Å². The summed E-state index contributed by atoms with van der Waals surface area (Å²) in [6.45, 7) is 5.25. The number of carboxylic acid groups (broad SMARTS) is 1. The van der Waals surface area contributed by atoms with Crippen molar-refractivity contribution in [1.29, 1.82) is 0 Å². The number of rotatable bonds is 3. The molecule has 0 spiro atoms. The Morgan fingerprint density at radius 3 is 2.53 bits per heavy atom.